The van der Waals surface area contributed by atoms with Crippen LogP contribution >= 0.6 is 11.6 Å². The standard InChI is InChI=1S/C24H31ClN4O6S/c1-16-10-11-20(29(32)33)13-21(16)28(36(6,34)35)15-22(30)27(14-18-8-7-9-19(25)12-18)17(2)23(31)26-24(3,4)5/h7-13,17H,14-15H2,1-6H3,(H,26,31)/t17-/m0/s1. The van der Waals surface area contributed by atoms with Gasteiger partial charge in [-0.25, -0.2) is 8.42 Å². The number of benzene rings is 2. The number of carbonyl (C=O) groups is 2. The van der Waals surface area contributed by atoms with E-state index in [0.29, 0.717) is 16.1 Å². The molecule has 1 N–H and O–H groups in total. The summed E-state index contributed by atoms with van der Waals surface area (Å²) in [5, 5.41) is 14.6. The van der Waals surface area contributed by atoms with Gasteiger partial charge in [0.15, 0.2) is 0 Å². The highest BCUT2D eigenvalue weighted by molar-refractivity contribution is 7.92. The zero-order chi connectivity index (χ0) is 27.4. The average Bonchev–Trinajstić information content (AvgIpc) is 2.73. The molecule has 0 aromatic heterocycles. The number of nitrogens with zero attached hydrogens (tertiary/aromatic N) is 3. The smallest absolute Gasteiger partial charge is 0.271 e. The first kappa shape index (κ1) is 29.1. The second kappa shape index (κ2) is 11.3. The van der Waals surface area contributed by atoms with Gasteiger partial charge in [0.05, 0.1) is 16.9 Å². The molecule has 0 saturated carbocycles. The Morgan fingerprint density at radius 1 is 1.17 bits per heavy atom. The summed E-state index contributed by atoms with van der Waals surface area (Å²) in [6, 6.07) is 9.59. The molecule has 0 spiro atoms. The lowest BCUT2D eigenvalue weighted by molar-refractivity contribution is -0.384. The van der Waals surface area contributed by atoms with Crippen LogP contribution in [0.3, 0.4) is 0 Å². The van der Waals surface area contributed by atoms with Crippen LogP contribution in [0.4, 0.5) is 11.4 Å². The summed E-state index contributed by atoms with van der Waals surface area (Å²) in [7, 11) is -4.02. The number of nitrogens with one attached hydrogen (secondary N) is 1. The molecule has 2 amide bonds. The Hall–Kier alpha value is -3.18. The van der Waals surface area contributed by atoms with Gasteiger partial charge in [-0.05, 0) is 57.9 Å². The van der Waals surface area contributed by atoms with Crippen molar-refractivity contribution in [3.63, 3.8) is 0 Å². The molecular weight excluding hydrogens is 508 g/mol. The van der Waals surface area contributed by atoms with Crippen LogP contribution in [0.5, 0.6) is 0 Å². The molecule has 1 atom stereocenters. The van der Waals surface area contributed by atoms with E-state index < -0.39 is 44.9 Å². The van der Waals surface area contributed by atoms with Crippen LogP contribution < -0.4 is 9.62 Å². The van der Waals surface area contributed by atoms with Crippen molar-refractivity contribution in [1.82, 2.24) is 10.2 Å². The summed E-state index contributed by atoms with van der Waals surface area (Å²) in [6.07, 6.45) is 0.912. The van der Waals surface area contributed by atoms with E-state index in [0.717, 1.165) is 16.6 Å². The number of halogens is 1. The third-order valence-corrected chi connectivity index (χ3v) is 6.62. The molecule has 2 aromatic carbocycles. The van der Waals surface area contributed by atoms with Gasteiger partial charge in [0.1, 0.15) is 12.6 Å². The van der Waals surface area contributed by atoms with Gasteiger partial charge in [0, 0.05) is 29.2 Å². The van der Waals surface area contributed by atoms with Gasteiger partial charge in [-0.1, -0.05) is 29.8 Å². The summed E-state index contributed by atoms with van der Waals surface area (Å²) in [5.74, 6) is -1.09. The number of non-ortho nitro benzene ring substituents is 1. The summed E-state index contributed by atoms with van der Waals surface area (Å²) >= 11 is 6.09. The van der Waals surface area contributed by atoms with Gasteiger partial charge < -0.3 is 10.2 Å². The second-order valence-electron chi connectivity index (χ2n) is 9.56. The van der Waals surface area contributed by atoms with Crippen LogP contribution in [0.15, 0.2) is 42.5 Å². The van der Waals surface area contributed by atoms with E-state index in [1.807, 2.05) is 0 Å². The van der Waals surface area contributed by atoms with Gasteiger partial charge in [-0.2, -0.15) is 0 Å². The number of sulfonamides is 1. The third kappa shape index (κ3) is 7.92. The highest BCUT2D eigenvalue weighted by atomic mass is 35.5. The lowest BCUT2D eigenvalue weighted by Crippen LogP contribution is -2.54. The number of carbonyl (C=O) groups excluding carboxylic acids is 2. The number of hydrogen-bond donors (Lipinski definition) is 1. The maximum Gasteiger partial charge on any atom is 0.271 e. The molecule has 2 aromatic rings. The quantitative estimate of drug-likeness (QED) is 0.383. The monoisotopic (exact) mass is 538 g/mol. The molecule has 0 aliphatic carbocycles. The van der Waals surface area contributed by atoms with E-state index in [-0.39, 0.29) is 17.9 Å². The van der Waals surface area contributed by atoms with Crippen LogP contribution in [-0.2, 0) is 26.2 Å². The van der Waals surface area contributed by atoms with E-state index in [4.69, 9.17) is 11.6 Å². The number of hydrogen-bond acceptors (Lipinski definition) is 6. The molecule has 0 aliphatic heterocycles. The molecule has 10 nitrogen and oxygen atoms in total. The van der Waals surface area contributed by atoms with Gasteiger partial charge in [-0.15, -0.1) is 0 Å². The Balaban J connectivity index is 2.50. The molecule has 0 fully saturated rings. The molecular formula is C24H31ClN4O6S. The molecule has 0 bridgehead atoms. The van der Waals surface area contributed by atoms with E-state index in [9.17, 15) is 28.1 Å². The Labute approximate surface area is 216 Å². The lowest BCUT2D eigenvalue weighted by atomic mass is 10.1. The van der Waals surface area contributed by atoms with Gasteiger partial charge in [-0.3, -0.25) is 24.0 Å². The largest absolute Gasteiger partial charge is 0.350 e. The molecule has 36 heavy (non-hydrogen) atoms. The van der Waals surface area contributed by atoms with Crippen LogP contribution in [0.1, 0.15) is 38.8 Å². The highest BCUT2D eigenvalue weighted by Gasteiger charge is 2.32. The fraction of sp³-hybridized carbons (Fsp3) is 0.417. The molecule has 0 unspecified atom stereocenters. The van der Waals surface area contributed by atoms with Crippen molar-refractivity contribution in [2.45, 2.75) is 52.7 Å². The van der Waals surface area contributed by atoms with Crippen molar-refractivity contribution >= 4 is 44.8 Å². The molecule has 0 radical (unpaired) electrons. The van der Waals surface area contributed by atoms with Gasteiger partial charge in [0.2, 0.25) is 21.8 Å². The molecule has 2 rings (SSSR count). The van der Waals surface area contributed by atoms with E-state index in [2.05, 4.69) is 5.32 Å². The minimum Gasteiger partial charge on any atom is -0.350 e. The maximum atomic E-state index is 13.6. The van der Waals surface area contributed by atoms with Crippen molar-refractivity contribution in [1.29, 1.82) is 0 Å². The minimum atomic E-state index is -4.02. The van der Waals surface area contributed by atoms with Crippen molar-refractivity contribution in [3.05, 3.63) is 68.7 Å². The SMILES string of the molecule is Cc1ccc([N+](=O)[O-])cc1N(CC(=O)N(Cc1cccc(Cl)c1)[C@@H](C)C(=O)NC(C)(C)C)S(C)(=O)=O. The predicted octanol–water partition coefficient (Wildman–Crippen LogP) is 3.65. The third-order valence-electron chi connectivity index (χ3n) is 5.26. The van der Waals surface area contributed by atoms with Crippen molar-refractivity contribution in [2.24, 2.45) is 0 Å². The highest BCUT2D eigenvalue weighted by Crippen LogP contribution is 2.28. The predicted molar refractivity (Wildman–Crippen MR) is 139 cm³/mol. The first-order chi connectivity index (χ1) is 16.5. The van der Waals surface area contributed by atoms with Crippen LogP contribution in [0.2, 0.25) is 5.02 Å². The van der Waals surface area contributed by atoms with Gasteiger partial charge >= 0.3 is 0 Å². The molecule has 0 aliphatic rings. The second-order valence-corrected chi connectivity index (χ2v) is 11.9. The first-order valence-electron chi connectivity index (χ1n) is 11.1. The zero-order valence-corrected chi connectivity index (χ0v) is 22.7. The molecule has 0 saturated heterocycles. The topological polar surface area (TPSA) is 130 Å². The van der Waals surface area contributed by atoms with Crippen molar-refractivity contribution in [3.8, 4) is 0 Å². The first-order valence-corrected chi connectivity index (χ1v) is 13.3. The number of nitro benzene ring substituents is 1. The van der Waals surface area contributed by atoms with Crippen molar-refractivity contribution in [2.75, 3.05) is 17.1 Å². The van der Waals surface area contributed by atoms with E-state index >= 15 is 0 Å². The van der Waals surface area contributed by atoms with Crippen LogP contribution in [-0.4, -0.2) is 54.4 Å². The fourth-order valence-corrected chi connectivity index (χ4v) is 4.58. The van der Waals surface area contributed by atoms with Crippen LogP contribution in [0.25, 0.3) is 0 Å². The number of rotatable bonds is 9. The number of nitro groups is 1. The summed E-state index contributed by atoms with van der Waals surface area (Å²) in [5.41, 5.74) is 0.206. The zero-order valence-electron chi connectivity index (χ0n) is 21.1. The fourth-order valence-electron chi connectivity index (χ4n) is 3.46. The minimum absolute atomic E-state index is 0.00884. The molecule has 196 valence electrons. The maximum absolute atomic E-state index is 13.6. The molecule has 0 heterocycles. The summed E-state index contributed by atoms with van der Waals surface area (Å²) in [6.45, 7) is 7.88. The van der Waals surface area contributed by atoms with Crippen LogP contribution in [0, 0.1) is 17.0 Å². The van der Waals surface area contributed by atoms with E-state index in [1.165, 1.54) is 17.0 Å². The normalized spacial score (nSPS) is 12.5. The van der Waals surface area contributed by atoms with Gasteiger partial charge in [0.25, 0.3) is 5.69 Å². The number of amides is 2. The lowest BCUT2D eigenvalue weighted by Gasteiger charge is -2.33. The van der Waals surface area contributed by atoms with E-state index in [1.54, 1.807) is 58.9 Å². The number of anilines is 1. The number of aryl methyl sites for hydroxylation is 1. The Bertz CT molecular complexity index is 1260. The average molecular weight is 539 g/mol. The molecule has 12 heteroatoms. The Morgan fingerprint density at radius 3 is 2.33 bits per heavy atom. The summed E-state index contributed by atoms with van der Waals surface area (Å²) < 4.78 is 26.2. The Kier molecular flexibility index (Phi) is 9.08. The van der Waals surface area contributed by atoms with Crippen molar-refractivity contribution < 1.29 is 22.9 Å². The summed E-state index contributed by atoms with van der Waals surface area (Å²) in [4.78, 5) is 38.4. The Morgan fingerprint density at radius 2 is 1.81 bits per heavy atom.